The number of nitriles is 1. The van der Waals surface area contributed by atoms with Crippen molar-refractivity contribution in [2.75, 3.05) is 35.3 Å². The number of rotatable bonds is 6. The van der Waals surface area contributed by atoms with Crippen LogP contribution in [0.2, 0.25) is 0 Å². The lowest BCUT2D eigenvalue weighted by Gasteiger charge is -2.36. The predicted octanol–water partition coefficient (Wildman–Crippen LogP) is 2.09. The first kappa shape index (κ1) is 18.7. The normalized spacial score (nSPS) is 16.5. The van der Waals surface area contributed by atoms with Crippen molar-refractivity contribution in [2.45, 2.75) is 25.4 Å². The van der Waals surface area contributed by atoms with E-state index in [0.29, 0.717) is 24.3 Å². The van der Waals surface area contributed by atoms with Crippen LogP contribution in [0.25, 0.3) is 0 Å². The number of benzene rings is 1. The molecule has 1 aromatic heterocycles. The van der Waals surface area contributed by atoms with Gasteiger partial charge in [-0.2, -0.15) is 5.26 Å². The molecule has 2 aromatic rings. The summed E-state index contributed by atoms with van der Waals surface area (Å²) >= 11 is 0. The average molecular weight is 364 g/mol. The summed E-state index contributed by atoms with van der Waals surface area (Å²) in [6.45, 7) is 2.33. The first-order valence-corrected chi connectivity index (χ1v) is 9.02. The van der Waals surface area contributed by atoms with Crippen LogP contribution in [0.15, 0.2) is 36.5 Å². The highest BCUT2D eigenvalue weighted by atomic mass is 16.1. The molecule has 1 aromatic carbocycles. The van der Waals surface area contributed by atoms with Gasteiger partial charge in [-0.1, -0.05) is 12.1 Å². The highest BCUT2D eigenvalue weighted by molar-refractivity contribution is 5.87. The zero-order valence-electron chi connectivity index (χ0n) is 15.4. The number of aromatic nitrogens is 1. The van der Waals surface area contributed by atoms with E-state index >= 15 is 0 Å². The first-order valence-electron chi connectivity index (χ1n) is 9.02. The zero-order valence-corrected chi connectivity index (χ0v) is 15.4. The first-order chi connectivity index (χ1) is 13.1. The summed E-state index contributed by atoms with van der Waals surface area (Å²) in [6, 6.07) is 11.7. The number of hydrogen-bond acceptors (Lipinski definition) is 6. The number of pyridine rings is 1. The minimum Gasteiger partial charge on any atom is -0.368 e. The van der Waals surface area contributed by atoms with E-state index < -0.39 is 0 Å². The minimum atomic E-state index is 0.145. The van der Waals surface area contributed by atoms with Gasteiger partial charge in [0.25, 0.3) is 0 Å². The summed E-state index contributed by atoms with van der Waals surface area (Å²) in [4.78, 5) is 19.8. The molecule has 2 heterocycles. The van der Waals surface area contributed by atoms with Gasteiger partial charge in [-0.05, 0) is 36.6 Å². The van der Waals surface area contributed by atoms with Crippen molar-refractivity contribution in [1.29, 1.82) is 5.26 Å². The third-order valence-electron chi connectivity index (χ3n) is 4.78. The van der Waals surface area contributed by atoms with Crippen molar-refractivity contribution < 1.29 is 4.79 Å². The van der Waals surface area contributed by atoms with E-state index in [0.717, 1.165) is 42.9 Å². The molecule has 7 nitrogen and oxygen atoms in total. The quantitative estimate of drug-likeness (QED) is 0.762. The van der Waals surface area contributed by atoms with Crippen molar-refractivity contribution in [2.24, 2.45) is 5.73 Å². The van der Waals surface area contributed by atoms with Gasteiger partial charge in [0.2, 0.25) is 6.41 Å². The molecule has 3 N–H and O–H groups in total. The van der Waals surface area contributed by atoms with E-state index in [9.17, 15) is 4.79 Å². The Bertz CT molecular complexity index is 829. The third kappa shape index (κ3) is 4.36. The molecule has 0 aliphatic carbocycles. The van der Waals surface area contributed by atoms with E-state index in [1.807, 2.05) is 37.4 Å². The number of nitrogens with two attached hydrogens (primary N) is 1. The van der Waals surface area contributed by atoms with Gasteiger partial charge in [-0.15, -0.1) is 0 Å². The molecule has 140 valence electrons. The van der Waals surface area contributed by atoms with Crippen LogP contribution in [0.5, 0.6) is 0 Å². The standard InChI is InChI=1S/C20H24N6O/c1-25(12-16-6-4-15(11-21)5-7-16)19-18(8-9-23-20(19)24-14-27)26-10-2-3-17(22)13-26/h4-9,14,17H,2-3,10,12-13,22H2,1H3,(H,23,24,27). The third-order valence-corrected chi connectivity index (χ3v) is 4.78. The fourth-order valence-electron chi connectivity index (χ4n) is 3.50. The number of nitrogens with one attached hydrogen (secondary N) is 1. The Hall–Kier alpha value is -3.11. The molecule has 1 fully saturated rings. The van der Waals surface area contributed by atoms with Crippen molar-refractivity contribution in [1.82, 2.24) is 4.98 Å². The van der Waals surface area contributed by atoms with Gasteiger partial charge < -0.3 is 20.9 Å². The number of anilines is 3. The summed E-state index contributed by atoms with van der Waals surface area (Å²) in [5.74, 6) is 0.526. The zero-order chi connectivity index (χ0) is 19.2. The topological polar surface area (TPSA) is 98.3 Å². The van der Waals surface area contributed by atoms with Crippen LogP contribution in [-0.2, 0) is 11.3 Å². The van der Waals surface area contributed by atoms with Crippen LogP contribution in [0, 0.1) is 11.3 Å². The monoisotopic (exact) mass is 364 g/mol. The van der Waals surface area contributed by atoms with Crippen molar-refractivity contribution >= 4 is 23.6 Å². The number of piperidine rings is 1. The Balaban J connectivity index is 1.92. The summed E-state index contributed by atoms with van der Waals surface area (Å²) in [5.41, 5.74) is 9.75. The van der Waals surface area contributed by atoms with Crippen molar-refractivity contribution in [3.63, 3.8) is 0 Å². The molecule has 7 heteroatoms. The van der Waals surface area contributed by atoms with Gasteiger partial charge >= 0.3 is 0 Å². The van der Waals surface area contributed by atoms with E-state index in [2.05, 4.69) is 26.2 Å². The Labute approximate surface area is 159 Å². The van der Waals surface area contributed by atoms with Gasteiger partial charge in [-0.25, -0.2) is 4.98 Å². The fraction of sp³-hybridized carbons (Fsp3) is 0.350. The van der Waals surface area contributed by atoms with Crippen molar-refractivity contribution in [3.8, 4) is 6.07 Å². The maximum Gasteiger partial charge on any atom is 0.212 e. The smallest absolute Gasteiger partial charge is 0.212 e. The number of nitrogens with zero attached hydrogens (tertiary/aromatic N) is 4. The number of carbonyl (C=O) groups is 1. The lowest BCUT2D eigenvalue weighted by molar-refractivity contribution is -0.105. The Morgan fingerprint density at radius 1 is 1.41 bits per heavy atom. The maximum absolute atomic E-state index is 11.1. The van der Waals surface area contributed by atoms with Gasteiger partial charge in [-0.3, -0.25) is 4.79 Å². The summed E-state index contributed by atoms with van der Waals surface area (Å²) in [6.07, 6.45) is 4.42. The molecule has 27 heavy (non-hydrogen) atoms. The molecule has 0 spiro atoms. The van der Waals surface area contributed by atoms with Crippen LogP contribution in [0.3, 0.4) is 0 Å². The van der Waals surface area contributed by atoms with Crippen LogP contribution >= 0.6 is 0 Å². The second kappa shape index (κ2) is 8.52. The van der Waals surface area contributed by atoms with E-state index in [-0.39, 0.29) is 6.04 Å². The SMILES string of the molecule is CN(Cc1ccc(C#N)cc1)c1c(N2CCCC(N)C2)ccnc1NC=O. The van der Waals surface area contributed by atoms with Gasteiger partial charge in [0.05, 0.1) is 17.3 Å². The molecule has 1 unspecified atom stereocenters. The predicted molar refractivity (Wildman–Crippen MR) is 107 cm³/mol. The van der Waals surface area contributed by atoms with Gasteiger partial charge in [0.1, 0.15) is 5.69 Å². The fourth-order valence-corrected chi connectivity index (χ4v) is 3.50. The number of hydrogen-bond donors (Lipinski definition) is 2. The molecule has 1 atom stereocenters. The molecule has 1 saturated heterocycles. The largest absolute Gasteiger partial charge is 0.368 e. The molecule has 0 radical (unpaired) electrons. The molecule has 1 aliphatic heterocycles. The van der Waals surface area contributed by atoms with Crippen LogP contribution in [-0.4, -0.2) is 37.6 Å². The van der Waals surface area contributed by atoms with E-state index in [1.54, 1.807) is 6.20 Å². The summed E-state index contributed by atoms with van der Waals surface area (Å²) < 4.78 is 0. The van der Waals surface area contributed by atoms with E-state index in [1.165, 1.54) is 0 Å². The van der Waals surface area contributed by atoms with E-state index in [4.69, 9.17) is 11.0 Å². The number of carbonyl (C=O) groups excluding carboxylic acids is 1. The maximum atomic E-state index is 11.1. The molecular weight excluding hydrogens is 340 g/mol. The summed E-state index contributed by atoms with van der Waals surface area (Å²) in [5, 5.41) is 11.7. The second-order valence-corrected chi connectivity index (χ2v) is 6.80. The lowest BCUT2D eigenvalue weighted by Crippen LogP contribution is -2.43. The molecule has 0 bridgehead atoms. The molecule has 3 rings (SSSR count). The van der Waals surface area contributed by atoms with Crippen LogP contribution < -0.4 is 20.9 Å². The molecule has 1 amide bonds. The minimum absolute atomic E-state index is 0.145. The summed E-state index contributed by atoms with van der Waals surface area (Å²) in [7, 11) is 1.97. The highest BCUT2D eigenvalue weighted by Crippen LogP contribution is 2.36. The molecule has 1 aliphatic rings. The number of amides is 1. The molecule has 0 saturated carbocycles. The van der Waals surface area contributed by atoms with Gasteiger partial charge in [0, 0.05) is 38.9 Å². The average Bonchev–Trinajstić information content (AvgIpc) is 2.68. The Morgan fingerprint density at radius 3 is 2.85 bits per heavy atom. The van der Waals surface area contributed by atoms with Crippen LogP contribution in [0.4, 0.5) is 17.2 Å². The Kier molecular flexibility index (Phi) is 5.89. The highest BCUT2D eigenvalue weighted by Gasteiger charge is 2.23. The second-order valence-electron chi connectivity index (χ2n) is 6.80. The van der Waals surface area contributed by atoms with Gasteiger partial charge in [0.15, 0.2) is 5.82 Å². The van der Waals surface area contributed by atoms with Crippen LogP contribution in [0.1, 0.15) is 24.0 Å². The Morgan fingerprint density at radius 2 is 2.19 bits per heavy atom. The molecular formula is C20H24N6O. The van der Waals surface area contributed by atoms with Crippen molar-refractivity contribution in [3.05, 3.63) is 47.7 Å². The lowest BCUT2D eigenvalue weighted by atomic mass is 10.1.